The molecule has 3 rings (SSSR count). The van der Waals surface area contributed by atoms with Gasteiger partial charge in [-0.15, -0.1) is 5.10 Å². The lowest BCUT2D eigenvalue weighted by Crippen LogP contribution is -2.38. The summed E-state index contributed by atoms with van der Waals surface area (Å²) in [5, 5.41) is 8.16. The van der Waals surface area contributed by atoms with E-state index in [1.54, 1.807) is 6.20 Å². The number of rotatable bonds is 5. The van der Waals surface area contributed by atoms with Gasteiger partial charge in [-0.3, -0.25) is 4.79 Å². The third-order valence-corrected chi connectivity index (χ3v) is 4.77. The predicted octanol–water partition coefficient (Wildman–Crippen LogP) is 3.10. The van der Waals surface area contributed by atoms with E-state index >= 15 is 0 Å². The van der Waals surface area contributed by atoms with E-state index < -0.39 is 0 Å². The van der Waals surface area contributed by atoms with Crippen LogP contribution in [-0.4, -0.2) is 47.2 Å². The average Bonchev–Trinajstić information content (AvgIpc) is 2.93. The zero-order chi connectivity index (χ0) is 17.5. The van der Waals surface area contributed by atoms with Crippen LogP contribution >= 0.6 is 0 Å². The van der Waals surface area contributed by atoms with Crippen molar-refractivity contribution in [2.45, 2.75) is 32.1 Å². The van der Waals surface area contributed by atoms with Crippen LogP contribution < -0.4 is 4.90 Å². The van der Waals surface area contributed by atoms with Gasteiger partial charge in [0.05, 0.1) is 5.92 Å². The number of aromatic nitrogens is 2. The van der Waals surface area contributed by atoms with E-state index in [0.717, 1.165) is 56.8 Å². The molecule has 1 atom stereocenters. The highest BCUT2D eigenvalue weighted by Crippen LogP contribution is 2.24. The Hall–Kier alpha value is -2.43. The van der Waals surface area contributed by atoms with Crippen molar-refractivity contribution in [2.75, 3.05) is 31.1 Å². The Bertz CT molecular complexity index is 662. The van der Waals surface area contributed by atoms with Gasteiger partial charge in [0, 0.05) is 32.4 Å². The zero-order valence-electron chi connectivity index (χ0n) is 14.8. The first-order valence-electron chi connectivity index (χ1n) is 9.16. The number of carbonyl (C=O) groups is 1. The molecule has 5 nitrogen and oxygen atoms in total. The summed E-state index contributed by atoms with van der Waals surface area (Å²) in [4.78, 5) is 17.4. The van der Waals surface area contributed by atoms with Crippen LogP contribution in [0.3, 0.4) is 0 Å². The maximum absolute atomic E-state index is 13.2. The van der Waals surface area contributed by atoms with Crippen LogP contribution in [0.2, 0.25) is 0 Å². The van der Waals surface area contributed by atoms with E-state index in [-0.39, 0.29) is 11.8 Å². The Labute approximate surface area is 149 Å². The maximum atomic E-state index is 13.2. The summed E-state index contributed by atoms with van der Waals surface area (Å²) in [5.74, 6) is 1.12. The first kappa shape index (κ1) is 17.4. The van der Waals surface area contributed by atoms with Crippen LogP contribution in [0.4, 0.5) is 5.82 Å². The minimum atomic E-state index is -0.0331. The Balaban J connectivity index is 1.69. The van der Waals surface area contributed by atoms with Crippen LogP contribution in [-0.2, 0) is 4.79 Å². The molecule has 5 heteroatoms. The molecule has 1 aliphatic rings. The van der Waals surface area contributed by atoms with E-state index in [4.69, 9.17) is 0 Å². The number of hydrogen-bond acceptors (Lipinski definition) is 4. The van der Waals surface area contributed by atoms with Gasteiger partial charge in [-0.1, -0.05) is 43.7 Å². The summed E-state index contributed by atoms with van der Waals surface area (Å²) in [6.45, 7) is 5.40. The van der Waals surface area contributed by atoms with Crippen molar-refractivity contribution in [3.63, 3.8) is 0 Å². The van der Waals surface area contributed by atoms with E-state index in [9.17, 15) is 4.79 Å². The molecule has 1 saturated heterocycles. The number of amides is 1. The lowest BCUT2D eigenvalue weighted by atomic mass is 9.93. The molecule has 1 aliphatic heterocycles. The molecule has 1 amide bonds. The van der Waals surface area contributed by atoms with E-state index in [1.807, 2.05) is 35.2 Å². The van der Waals surface area contributed by atoms with Crippen molar-refractivity contribution >= 4 is 11.7 Å². The largest absolute Gasteiger partial charge is 0.353 e. The van der Waals surface area contributed by atoms with Crippen molar-refractivity contribution in [1.29, 1.82) is 0 Å². The SMILES string of the molecule is CCCC(C(=O)N1CCCN(c2cccnn2)CC1)c1ccccc1. The highest BCUT2D eigenvalue weighted by atomic mass is 16.2. The Morgan fingerprint density at radius 3 is 2.64 bits per heavy atom. The van der Waals surface area contributed by atoms with Gasteiger partial charge < -0.3 is 9.80 Å². The highest BCUT2D eigenvalue weighted by molar-refractivity contribution is 5.83. The van der Waals surface area contributed by atoms with E-state index in [0.29, 0.717) is 0 Å². The smallest absolute Gasteiger partial charge is 0.230 e. The summed E-state index contributed by atoms with van der Waals surface area (Å²) in [7, 11) is 0. The minimum absolute atomic E-state index is 0.0331. The monoisotopic (exact) mass is 338 g/mol. The van der Waals surface area contributed by atoms with Crippen LogP contribution in [0.15, 0.2) is 48.7 Å². The molecule has 1 aromatic carbocycles. The molecule has 2 heterocycles. The van der Waals surface area contributed by atoms with Crippen molar-refractivity contribution in [1.82, 2.24) is 15.1 Å². The lowest BCUT2D eigenvalue weighted by Gasteiger charge is -2.26. The second-order valence-electron chi connectivity index (χ2n) is 6.50. The number of nitrogens with zero attached hydrogens (tertiary/aromatic N) is 4. The highest BCUT2D eigenvalue weighted by Gasteiger charge is 2.27. The topological polar surface area (TPSA) is 49.3 Å². The predicted molar refractivity (Wildman–Crippen MR) is 99.5 cm³/mol. The fourth-order valence-corrected chi connectivity index (χ4v) is 3.46. The van der Waals surface area contributed by atoms with E-state index in [2.05, 4.69) is 34.2 Å². The number of carbonyl (C=O) groups excluding carboxylic acids is 1. The standard InChI is InChI=1S/C20H26N4O/c1-2-8-18(17-9-4-3-5-10-17)20(25)24-14-7-13-23(15-16-24)19-11-6-12-21-22-19/h3-6,9-12,18H,2,7-8,13-16H2,1H3. The fourth-order valence-electron chi connectivity index (χ4n) is 3.46. The van der Waals surface area contributed by atoms with Crippen molar-refractivity contribution in [2.24, 2.45) is 0 Å². The summed E-state index contributed by atoms with van der Waals surface area (Å²) in [6, 6.07) is 14.1. The molecular weight excluding hydrogens is 312 g/mol. The molecule has 2 aromatic rings. The molecule has 1 unspecified atom stereocenters. The van der Waals surface area contributed by atoms with E-state index in [1.165, 1.54) is 0 Å². The number of hydrogen-bond donors (Lipinski definition) is 0. The zero-order valence-corrected chi connectivity index (χ0v) is 14.8. The quantitative estimate of drug-likeness (QED) is 0.840. The molecule has 0 N–H and O–H groups in total. The summed E-state index contributed by atoms with van der Waals surface area (Å²) in [5.41, 5.74) is 1.13. The third-order valence-electron chi connectivity index (χ3n) is 4.77. The van der Waals surface area contributed by atoms with Gasteiger partial charge in [-0.05, 0) is 30.5 Å². The molecule has 0 spiro atoms. The summed E-state index contributed by atoms with van der Waals surface area (Å²) < 4.78 is 0. The molecule has 1 fully saturated rings. The van der Waals surface area contributed by atoms with Gasteiger partial charge in [-0.25, -0.2) is 0 Å². The van der Waals surface area contributed by atoms with Crippen LogP contribution in [0.1, 0.15) is 37.7 Å². The fraction of sp³-hybridized carbons (Fsp3) is 0.450. The second kappa shape index (κ2) is 8.60. The van der Waals surface area contributed by atoms with Crippen molar-refractivity contribution in [3.8, 4) is 0 Å². The van der Waals surface area contributed by atoms with Crippen molar-refractivity contribution < 1.29 is 4.79 Å². The maximum Gasteiger partial charge on any atom is 0.230 e. The normalized spacial score (nSPS) is 16.4. The van der Waals surface area contributed by atoms with Crippen LogP contribution in [0.5, 0.6) is 0 Å². The van der Waals surface area contributed by atoms with Crippen LogP contribution in [0.25, 0.3) is 0 Å². The molecule has 0 radical (unpaired) electrons. The second-order valence-corrected chi connectivity index (χ2v) is 6.50. The first-order chi connectivity index (χ1) is 12.3. The summed E-state index contributed by atoms with van der Waals surface area (Å²) >= 11 is 0. The van der Waals surface area contributed by atoms with Crippen LogP contribution in [0, 0.1) is 0 Å². The Kier molecular flexibility index (Phi) is 5.99. The average molecular weight is 338 g/mol. The van der Waals surface area contributed by atoms with Gasteiger partial charge in [0.15, 0.2) is 5.82 Å². The third kappa shape index (κ3) is 4.35. The molecule has 0 bridgehead atoms. The van der Waals surface area contributed by atoms with Gasteiger partial charge in [0.1, 0.15) is 0 Å². The first-order valence-corrected chi connectivity index (χ1v) is 9.16. The van der Waals surface area contributed by atoms with Crippen molar-refractivity contribution in [3.05, 3.63) is 54.2 Å². The molecule has 1 aromatic heterocycles. The van der Waals surface area contributed by atoms with Gasteiger partial charge >= 0.3 is 0 Å². The van der Waals surface area contributed by atoms with Gasteiger partial charge in [-0.2, -0.15) is 5.10 Å². The van der Waals surface area contributed by atoms with Gasteiger partial charge in [0.2, 0.25) is 5.91 Å². The Morgan fingerprint density at radius 2 is 1.92 bits per heavy atom. The number of anilines is 1. The molecule has 0 saturated carbocycles. The number of benzene rings is 1. The lowest BCUT2D eigenvalue weighted by molar-refractivity contribution is -0.132. The molecule has 25 heavy (non-hydrogen) atoms. The molecule has 132 valence electrons. The van der Waals surface area contributed by atoms with Gasteiger partial charge in [0.25, 0.3) is 0 Å². The molecule has 0 aliphatic carbocycles. The summed E-state index contributed by atoms with van der Waals surface area (Å²) in [6.07, 6.45) is 4.54. The minimum Gasteiger partial charge on any atom is -0.353 e. The molecular formula is C20H26N4O. The Morgan fingerprint density at radius 1 is 1.08 bits per heavy atom.